The van der Waals surface area contributed by atoms with E-state index in [0.717, 1.165) is 19.4 Å². The van der Waals surface area contributed by atoms with Crippen LogP contribution in [0.25, 0.3) is 11.3 Å². The summed E-state index contributed by atoms with van der Waals surface area (Å²) in [6.07, 6.45) is 3.42. The first-order valence-corrected chi connectivity index (χ1v) is 8.24. The first-order chi connectivity index (χ1) is 12.7. The lowest BCUT2D eigenvalue weighted by Gasteiger charge is -2.22. The van der Waals surface area contributed by atoms with E-state index >= 15 is 0 Å². The standard InChI is InChI=1S/C17H18FNO3.CH5N.CH2O/c18-16-8-14(22-11-12-2-1-7-21-10-12)4-5-15(16)17-6-3-13(20)9-19-17;2*1-2/h3-6,8-9,12,20H,1-2,7,10-11H2;2H2,1H3;1H2. The molecule has 142 valence electrons. The molecule has 1 atom stereocenters. The van der Waals surface area contributed by atoms with Gasteiger partial charge in [0.05, 0.1) is 25.1 Å². The second-order valence-corrected chi connectivity index (χ2v) is 5.44. The maximum atomic E-state index is 14.2. The molecule has 0 bridgehead atoms. The van der Waals surface area contributed by atoms with Gasteiger partial charge in [-0.05, 0) is 44.2 Å². The molecule has 1 unspecified atom stereocenters. The van der Waals surface area contributed by atoms with E-state index in [2.05, 4.69) is 10.7 Å². The van der Waals surface area contributed by atoms with E-state index in [1.54, 1.807) is 18.2 Å². The van der Waals surface area contributed by atoms with Gasteiger partial charge < -0.3 is 25.1 Å². The van der Waals surface area contributed by atoms with E-state index in [4.69, 9.17) is 14.3 Å². The third-order valence-electron chi connectivity index (χ3n) is 3.70. The third kappa shape index (κ3) is 6.42. The topological polar surface area (TPSA) is 94.7 Å². The van der Waals surface area contributed by atoms with Gasteiger partial charge in [0.1, 0.15) is 24.1 Å². The fourth-order valence-electron chi connectivity index (χ4n) is 2.49. The number of carbonyl (C=O) groups excluding carboxylic acids is 1. The maximum Gasteiger partial charge on any atom is 0.136 e. The molecule has 1 aliphatic rings. The van der Waals surface area contributed by atoms with Crippen LogP contribution in [0.2, 0.25) is 0 Å². The molecule has 6 nitrogen and oxygen atoms in total. The number of hydrogen-bond acceptors (Lipinski definition) is 6. The van der Waals surface area contributed by atoms with Crippen molar-refractivity contribution in [3.63, 3.8) is 0 Å². The molecule has 26 heavy (non-hydrogen) atoms. The quantitative estimate of drug-likeness (QED) is 0.866. The summed E-state index contributed by atoms with van der Waals surface area (Å²) in [6.45, 7) is 4.06. The Balaban J connectivity index is 0.000000791. The van der Waals surface area contributed by atoms with Crippen molar-refractivity contribution in [1.82, 2.24) is 4.98 Å². The molecule has 0 radical (unpaired) electrons. The Labute approximate surface area is 152 Å². The molecule has 1 fully saturated rings. The Bertz CT molecular complexity index is 646. The Kier molecular flexibility index (Phi) is 9.89. The molecule has 2 aromatic rings. The second-order valence-electron chi connectivity index (χ2n) is 5.44. The Morgan fingerprint density at radius 1 is 1.35 bits per heavy atom. The van der Waals surface area contributed by atoms with Crippen LogP contribution in [-0.4, -0.2) is 43.7 Å². The number of halogens is 1. The van der Waals surface area contributed by atoms with Crippen molar-refractivity contribution in [2.75, 3.05) is 26.9 Å². The van der Waals surface area contributed by atoms with Crippen LogP contribution in [0, 0.1) is 11.7 Å². The van der Waals surface area contributed by atoms with Crippen LogP contribution in [0.3, 0.4) is 0 Å². The maximum absolute atomic E-state index is 14.2. The molecular formula is C19H25FN2O4. The number of nitrogens with two attached hydrogens (primary N) is 1. The molecule has 2 heterocycles. The Morgan fingerprint density at radius 2 is 2.12 bits per heavy atom. The molecule has 1 saturated heterocycles. The minimum Gasteiger partial charge on any atom is -0.506 e. The monoisotopic (exact) mass is 364 g/mol. The molecule has 3 N–H and O–H groups in total. The summed E-state index contributed by atoms with van der Waals surface area (Å²) in [6, 6.07) is 7.80. The van der Waals surface area contributed by atoms with E-state index in [-0.39, 0.29) is 5.75 Å². The number of nitrogens with zero attached hydrogens (tertiary/aromatic N) is 1. The average molecular weight is 364 g/mol. The van der Waals surface area contributed by atoms with Gasteiger partial charge in [-0.1, -0.05) is 0 Å². The molecule has 1 aromatic carbocycles. The summed E-state index contributed by atoms with van der Waals surface area (Å²) in [5.74, 6) is 0.537. The van der Waals surface area contributed by atoms with Crippen molar-refractivity contribution >= 4 is 6.79 Å². The van der Waals surface area contributed by atoms with Crippen molar-refractivity contribution in [3.05, 3.63) is 42.3 Å². The largest absolute Gasteiger partial charge is 0.506 e. The van der Waals surface area contributed by atoms with Gasteiger partial charge in [-0.3, -0.25) is 4.98 Å². The number of carbonyl (C=O) groups is 1. The van der Waals surface area contributed by atoms with Gasteiger partial charge in [-0.2, -0.15) is 0 Å². The molecule has 0 aliphatic carbocycles. The van der Waals surface area contributed by atoms with Crippen molar-refractivity contribution < 1.29 is 23.8 Å². The van der Waals surface area contributed by atoms with Gasteiger partial charge in [-0.25, -0.2) is 4.39 Å². The van der Waals surface area contributed by atoms with E-state index in [1.165, 1.54) is 25.4 Å². The lowest BCUT2D eigenvalue weighted by atomic mass is 10.0. The highest BCUT2D eigenvalue weighted by molar-refractivity contribution is 5.61. The van der Waals surface area contributed by atoms with E-state index < -0.39 is 5.82 Å². The van der Waals surface area contributed by atoms with Crippen molar-refractivity contribution in [2.45, 2.75) is 12.8 Å². The fraction of sp³-hybridized carbons (Fsp3) is 0.368. The summed E-state index contributed by atoms with van der Waals surface area (Å²) < 4.78 is 25.2. The minimum absolute atomic E-state index is 0.0545. The molecule has 7 heteroatoms. The molecule has 3 rings (SSSR count). The molecular weight excluding hydrogens is 339 g/mol. The highest BCUT2D eigenvalue weighted by atomic mass is 19.1. The molecule has 1 aliphatic heterocycles. The number of ether oxygens (including phenoxy) is 2. The Morgan fingerprint density at radius 3 is 2.69 bits per heavy atom. The summed E-state index contributed by atoms with van der Waals surface area (Å²) in [4.78, 5) is 12.0. The minimum atomic E-state index is -0.393. The van der Waals surface area contributed by atoms with Crippen LogP contribution in [0.5, 0.6) is 11.5 Å². The van der Waals surface area contributed by atoms with E-state index in [9.17, 15) is 9.50 Å². The number of rotatable bonds is 4. The zero-order valence-electron chi connectivity index (χ0n) is 14.9. The van der Waals surface area contributed by atoms with E-state index in [1.807, 2.05) is 6.79 Å². The van der Waals surface area contributed by atoms with Gasteiger partial charge in [-0.15, -0.1) is 0 Å². The first kappa shape index (κ1) is 21.5. The van der Waals surface area contributed by atoms with Crippen LogP contribution in [-0.2, 0) is 9.53 Å². The smallest absolute Gasteiger partial charge is 0.136 e. The highest BCUT2D eigenvalue weighted by Crippen LogP contribution is 2.26. The summed E-state index contributed by atoms with van der Waals surface area (Å²) in [5, 5.41) is 9.22. The first-order valence-electron chi connectivity index (χ1n) is 8.24. The Hall–Kier alpha value is -2.51. The number of aromatic nitrogens is 1. The molecule has 1 aromatic heterocycles. The molecule has 0 spiro atoms. The van der Waals surface area contributed by atoms with Gasteiger partial charge in [0.2, 0.25) is 0 Å². The van der Waals surface area contributed by atoms with Crippen molar-refractivity contribution in [1.29, 1.82) is 0 Å². The van der Waals surface area contributed by atoms with Crippen LogP contribution < -0.4 is 10.5 Å². The third-order valence-corrected chi connectivity index (χ3v) is 3.70. The van der Waals surface area contributed by atoms with Crippen LogP contribution in [0.15, 0.2) is 36.5 Å². The predicted molar refractivity (Wildman–Crippen MR) is 97.6 cm³/mol. The fourth-order valence-corrected chi connectivity index (χ4v) is 2.49. The molecule has 0 saturated carbocycles. The number of pyridine rings is 1. The zero-order chi connectivity index (χ0) is 19.4. The number of benzene rings is 1. The summed E-state index contributed by atoms with van der Waals surface area (Å²) in [7, 11) is 1.50. The van der Waals surface area contributed by atoms with Crippen molar-refractivity contribution in [2.24, 2.45) is 11.7 Å². The molecule has 0 amide bonds. The zero-order valence-corrected chi connectivity index (χ0v) is 14.9. The number of hydrogen-bond donors (Lipinski definition) is 2. The SMILES string of the molecule is C=O.CN.Oc1ccc(-c2ccc(OCC3CCCOC3)cc2F)nc1. The van der Waals surface area contributed by atoms with Crippen LogP contribution >= 0.6 is 0 Å². The summed E-state index contributed by atoms with van der Waals surface area (Å²) in [5.41, 5.74) is 5.36. The van der Waals surface area contributed by atoms with Gasteiger partial charge >= 0.3 is 0 Å². The van der Waals surface area contributed by atoms with Gasteiger partial charge in [0.25, 0.3) is 0 Å². The van der Waals surface area contributed by atoms with E-state index in [0.29, 0.717) is 36.1 Å². The average Bonchev–Trinajstić information content (AvgIpc) is 2.71. The number of aromatic hydroxyl groups is 1. The van der Waals surface area contributed by atoms with Crippen LogP contribution in [0.4, 0.5) is 4.39 Å². The van der Waals surface area contributed by atoms with Gasteiger partial charge in [0, 0.05) is 24.2 Å². The predicted octanol–water partition coefficient (Wildman–Crippen LogP) is 2.79. The normalized spacial score (nSPS) is 15.7. The van der Waals surface area contributed by atoms with Crippen LogP contribution in [0.1, 0.15) is 12.8 Å². The lowest BCUT2D eigenvalue weighted by molar-refractivity contribution is -0.0979. The van der Waals surface area contributed by atoms with Crippen molar-refractivity contribution in [3.8, 4) is 22.8 Å². The highest BCUT2D eigenvalue weighted by Gasteiger charge is 2.15. The second kappa shape index (κ2) is 11.9. The lowest BCUT2D eigenvalue weighted by Crippen LogP contribution is -2.23. The summed E-state index contributed by atoms with van der Waals surface area (Å²) >= 11 is 0. The van der Waals surface area contributed by atoms with Gasteiger partial charge in [0.15, 0.2) is 0 Å².